The van der Waals surface area contributed by atoms with E-state index in [1.54, 1.807) is 4.90 Å². The molecule has 0 unspecified atom stereocenters. The van der Waals surface area contributed by atoms with E-state index in [1.165, 1.54) is 0 Å². The zero-order valence-electron chi connectivity index (χ0n) is 12.5. The molecule has 6 nitrogen and oxygen atoms in total. The zero-order valence-corrected chi connectivity index (χ0v) is 12.5. The number of urea groups is 1. The molecule has 1 aromatic carbocycles. The van der Waals surface area contributed by atoms with Gasteiger partial charge < -0.3 is 15.2 Å². The minimum absolute atomic E-state index is 0.189. The number of hydrogen-bond donors (Lipinski definition) is 2. The zero-order chi connectivity index (χ0) is 15.8. The van der Waals surface area contributed by atoms with Crippen LogP contribution in [0.5, 0.6) is 0 Å². The van der Waals surface area contributed by atoms with Crippen molar-refractivity contribution >= 4 is 17.7 Å². The SMILES string of the molecule is CCN(C(=O)NCC12CC(C(=O)O)(CO1)C2)c1ccccc1. The second-order valence-electron chi connectivity index (χ2n) is 6.15. The van der Waals surface area contributed by atoms with Crippen LogP contribution in [-0.2, 0) is 9.53 Å². The van der Waals surface area contributed by atoms with Crippen LogP contribution >= 0.6 is 0 Å². The summed E-state index contributed by atoms with van der Waals surface area (Å²) >= 11 is 0. The van der Waals surface area contributed by atoms with E-state index < -0.39 is 17.0 Å². The number of carbonyl (C=O) groups excluding carboxylic acids is 1. The topological polar surface area (TPSA) is 78.9 Å². The van der Waals surface area contributed by atoms with Gasteiger partial charge in [-0.05, 0) is 31.9 Å². The third-order valence-corrected chi connectivity index (χ3v) is 4.62. The van der Waals surface area contributed by atoms with E-state index in [0.717, 1.165) is 5.69 Å². The number of aliphatic carboxylic acids is 1. The molecule has 0 aromatic heterocycles. The van der Waals surface area contributed by atoms with Gasteiger partial charge in [-0.1, -0.05) is 18.2 Å². The summed E-state index contributed by atoms with van der Waals surface area (Å²) in [5.74, 6) is -0.800. The van der Waals surface area contributed by atoms with Crippen LogP contribution in [0, 0.1) is 5.41 Å². The van der Waals surface area contributed by atoms with Gasteiger partial charge in [0.05, 0.1) is 17.6 Å². The third-order valence-electron chi connectivity index (χ3n) is 4.62. The number of rotatable bonds is 5. The number of carboxylic acids is 1. The van der Waals surface area contributed by atoms with Crippen molar-refractivity contribution in [1.29, 1.82) is 0 Å². The Kier molecular flexibility index (Phi) is 3.56. The minimum atomic E-state index is -0.800. The molecule has 0 spiro atoms. The molecule has 1 aromatic rings. The Morgan fingerprint density at radius 2 is 2.00 bits per heavy atom. The van der Waals surface area contributed by atoms with E-state index in [0.29, 0.717) is 25.9 Å². The van der Waals surface area contributed by atoms with Crippen LogP contribution in [0.2, 0.25) is 0 Å². The normalized spacial score (nSPS) is 28.8. The van der Waals surface area contributed by atoms with E-state index in [9.17, 15) is 14.7 Å². The molecule has 22 heavy (non-hydrogen) atoms. The number of nitrogens with one attached hydrogen (secondary N) is 1. The molecule has 6 heteroatoms. The number of benzene rings is 1. The first-order valence-electron chi connectivity index (χ1n) is 7.48. The Morgan fingerprint density at radius 1 is 1.32 bits per heavy atom. The van der Waals surface area contributed by atoms with E-state index in [4.69, 9.17) is 4.74 Å². The molecule has 118 valence electrons. The van der Waals surface area contributed by atoms with Gasteiger partial charge in [-0.15, -0.1) is 0 Å². The van der Waals surface area contributed by atoms with E-state index >= 15 is 0 Å². The summed E-state index contributed by atoms with van der Waals surface area (Å²) in [6.07, 6.45) is 0.958. The molecule has 4 rings (SSSR count). The van der Waals surface area contributed by atoms with Gasteiger partial charge in [0, 0.05) is 18.8 Å². The van der Waals surface area contributed by atoms with Crippen LogP contribution in [0.4, 0.5) is 10.5 Å². The first kappa shape index (κ1) is 14.8. The Labute approximate surface area is 129 Å². The molecule has 2 saturated heterocycles. The Morgan fingerprint density at radius 3 is 2.55 bits per heavy atom. The molecule has 1 aliphatic carbocycles. The monoisotopic (exact) mass is 304 g/mol. The maximum absolute atomic E-state index is 12.3. The summed E-state index contributed by atoms with van der Waals surface area (Å²) in [5.41, 5.74) is -0.389. The van der Waals surface area contributed by atoms with Gasteiger partial charge in [0.2, 0.25) is 0 Å². The summed E-state index contributed by atoms with van der Waals surface area (Å²) in [6, 6.07) is 9.25. The van der Waals surface area contributed by atoms with E-state index in [1.807, 2.05) is 37.3 Å². The van der Waals surface area contributed by atoms with Crippen molar-refractivity contribution in [3.8, 4) is 0 Å². The predicted molar refractivity (Wildman–Crippen MR) is 80.8 cm³/mol. The van der Waals surface area contributed by atoms with Gasteiger partial charge >= 0.3 is 12.0 Å². The highest BCUT2D eigenvalue weighted by Gasteiger charge is 2.66. The van der Waals surface area contributed by atoms with Gasteiger partial charge in [0.25, 0.3) is 0 Å². The number of ether oxygens (including phenoxy) is 1. The first-order chi connectivity index (χ1) is 10.5. The summed E-state index contributed by atoms with van der Waals surface area (Å²) in [7, 11) is 0. The summed E-state index contributed by atoms with van der Waals surface area (Å²) < 4.78 is 5.63. The number of para-hydroxylation sites is 1. The van der Waals surface area contributed by atoms with Crippen LogP contribution in [-0.4, -0.2) is 42.4 Å². The van der Waals surface area contributed by atoms with Crippen molar-refractivity contribution in [2.24, 2.45) is 5.41 Å². The molecule has 2 aliphatic heterocycles. The molecular weight excluding hydrogens is 284 g/mol. The lowest BCUT2D eigenvalue weighted by atomic mass is 9.62. The molecule has 2 bridgehead atoms. The Balaban J connectivity index is 1.58. The fraction of sp³-hybridized carbons (Fsp3) is 0.500. The number of fused-ring (bicyclic) bond motifs is 1. The quantitative estimate of drug-likeness (QED) is 0.870. The van der Waals surface area contributed by atoms with Crippen molar-refractivity contribution in [3.63, 3.8) is 0 Å². The van der Waals surface area contributed by atoms with Crippen molar-refractivity contribution < 1.29 is 19.4 Å². The molecule has 0 radical (unpaired) electrons. The van der Waals surface area contributed by atoms with Gasteiger partial charge in [-0.2, -0.15) is 0 Å². The summed E-state index contributed by atoms with van der Waals surface area (Å²) in [4.78, 5) is 25.2. The highest BCUT2D eigenvalue weighted by molar-refractivity contribution is 5.92. The van der Waals surface area contributed by atoms with Crippen molar-refractivity contribution in [2.45, 2.75) is 25.4 Å². The molecule has 0 atom stereocenters. The lowest BCUT2D eigenvalue weighted by Gasteiger charge is -2.41. The van der Waals surface area contributed by atoms with Gasteiger partial charge in [0.15, 0.2) is 0 Å². The minimum Gasteiger partial charge on any atom is -0.481 e. The average Bonchev–Trinajstić information content (AvgIpc) is 3.04. The van der Waals surface area contributed by atoms with E-state index in [-0.39, 0.29) is 12.6 Å². The van der Waals surface area contributed by atoms with Crippen molar-refractivity contribution in [1.82, 2.24) is 5.32 Å². The largest absolute Gasteiger partial charge is 0.481 e. The number of nitrogens with zero attached hydrogens (tertiary/aromatic N) is 1. The number of amides is 2. The smallest absolute Gasteiger partial charge is 0.321 e. The molecule has 2 heterocycles. The first-order valence-corrected chi connectivity index (χ1v) is 7.48. The summed E-state index contributed by atoms with van der Waals surface area (Å²) in [6.45, 7) is 3.07. The standard InChI is InChI=1S/C16H20N2O4/c1-2-18(12-6-4-3-5-7-12)14(21)17-10-16-8-15(9-16,11-22-16)13(19)20/h3-7H,2,8-11H2,1H3,(H,17,21)(H,19,20). The van der Waals surface area contributed by atoms with E-state index in [2.05, 4.69) is 5.32 Å². The fourth-order valence-corrected chi connectivity index (χ4v) is 3.45. The number of carbonyl (C=O) groups is 2. The summed E-state index contributed by atoms with van der Waals surface area (Å²) in [5, 5.41) is 12.1. The number of hydrogen-bond acceptors (Lipinski definition) is 3. The highest BCUT2D eigenvalue weighted by Crippen LogP contribution is 2.57. The van der Waals surface area contributed by atoms with Crippen molar-refractivity contribution in [2.75, 3.05) is 24.6 Å². The van der Waals surface area contributed by atoms with Crippen LogP contribution in [0.15, 0.2) is 30.3 Å². The Hall–Kier alpha value is -2.08. The number of carboxylic acid groups (broad SMARTS) is 1. The highest BCUT2D eigenvalue weighted by atomic mass is 16.5. The Bertz CT molecular complexity index is 581. The predicted octanol–water partition coefficient (Wildman–Crippen LogP) is 1.86. The number of anilines is 1. The second-order valence-corrected chi connectivity index (χ2v) is 6.15. The van der Waals surface area contributed by atoms with Gasteiger partial charge in [0.1, 0.15) is 0 Å². The van der Waals surface area contributed by atoms with Crippen LogP contribution in [0.3, 0.4) is 0 Å². The van der Waals surface area contributed by atoms with Crippen LogP contribution in [0.1, 0.15) is 19.8 Å². The molecule has 3 aliphatic rings. The molecule has 2 N–H and O–H groups in total. The maximum Gasteiger partial charge on any atom is 0.321 e. The second kappa shape index (κ2) is 5.28. The van der Waals surface area contributed by atoms with Crippen molar-refractivity contribution in [3.05, 3.63) is 30.3 Å². The average molecular weight is 304 g/mol. The molecular formula is C16H20N2O4. The van der Waals surface area contributed by atoms with Gasteiger partial charge in [-0.3, -0.25) is 9.69 Å². The van der Waals surface area contributed by atoms with Gasteiger partial charge in [-0.25, -0.2) is 4.79 Å². The van der Waals surface area contributed by atoms with Crippen LogP contribution in [0.25, 0.3) is 0 Å². The molecule has 3 fully saturated rings. The third kappa shape index (κ3) is 2.33. The molecule has 2 amide bonds. The lowest BCUT2D eigenvalue weighted by Crippen LogP contribution is -2.55. The van der Waals surface area contributed by atoms with Crippen LogP contribution < -0.4 is 10.2 Å². The lowest BCUT2D eigenvalue weighted by molar-refractivity contribution is -0.153. The fourth-order valence-electron chi connectivity index (χ4n) is 3.45. The molecule has 1 saturated carbocycles. The maximum atomic E-state index is 12.3.